The van der Waals surface area contributed by atoms with Gasteiger partial charge in [-0.25, -0.2) is 4.98 Å². The first-order valence-electron chi connectivity index (χ1n) is 11.7. The van der Waals surface area contributed by atoms with E-state index < -0.39 is 0 Å². The van der Waals surface area contributed by atoms with E-state index >= 15 is 0 Å². The molecule has 2 bridgehead atoms. The molecule has 33 heavy (non-hydrogen) atoms. The highest BCUT2D eigenvalue weighted by Crippen LogP contribution is 2.37. The fourth-order valence-electron chi connectivity index (χ4n) is 5.61. The van der Waals surface area contributed by atoms with Gasteiger partial charge in [0, 0.05) is 43.0 Å². The van der Waals surface area contributed by atoms with Crippen LogP contribution in [0.25, 0.3) is 21.2 Å². The first kappa shape index (κ1) is 20.7. The Morgan fingerprint density at radius 1 is 1.21 bits per heavy atom. The lowest BCUT2D eigenvalue weighted by atomic mass is 9.96. The van der Waals surface area contributed by atoms with E-state index in [4.69, 9.17) is 9.15 Å². The lowest BCUT2D eigenvalue weighted by molar-refractivity contribution is -0.120. The van der Waals surface area contributed by atoms with Crippen LogP contribution in [0.3, 0.4) is 0 Å². The van der Waals surface area contributed by atoms with Gasteiger partial charge >= 0.3 is 0 Å². The smallest absolute Gasteiger partial charge is 0.279 e. The molecule has 0 radical (unpaired) electrons. The molecule has 0 aliphatic carbocycles. The average Bonchev–Trinajstić information content (AvgIpc) is 3.45. The van der Waals surface area contributed by atoms with Gasteiger partial charge in [-0.15, -0.1) is 0 Å². The number of fused-ring (bicyclic) bond motifs is 4. The van der Waals surface area contributed by atoms with Gasteiger partial charge in [0.15, 0.2) is 0 Å². The van der Waals surface area contributed by atoms with E-state index in [1.54, 1.807) is 18.3 Å². The SMILES string of the molecule is CC(=O)N[C@H]1C[C@H]2CC[C@@H](C1)N2CCc1coc2cc(Oc3nc4ccccc4s3)ccc12. The lowest BCUT2D eigenvalue weighted by Crippen LogP contribution is -2.50. The third-order valence-corrected chi connectivity index (χ3v) is 7.95. The second-order valence-corrected chi connectivity index (χ2v) is 10.2. The second-order valence-electron chi connectivity index (χ2n) is 9.21. The lowest BCUT2D eigenvalue weighted by Gasteiger charge is -2.39. The van der Waals surface area contributed by atoms with Crippen LogP contribution < -0.4 is 10.1 Å². The van der Waals surface area contributed by atoms with Gasteiger partial charge in [-0.2, -0.15) is 0 Å². The van der Waals surface area contributed by atoms with Gasteiger partial charge in [0.25, 0.3) is 5.19 Å². The largest absolute Gasteiger partial charge is 0.464 e. The fraction of sp³-hybridized carbons (Fsp3) is 0.385. The molecule has 1 amide bonds. The molecule has 170 valence electrons. The number of amides is 1. The monoisotopic (exact) mass is 461 g/mol. The molecule has 6 rings (SSSR count). The highest BCUT2D eigenvalue weighted by Gasteiger charge is 2.40. The van der Waals surface area contributed by atoms with Crippen molar-refractivity contribution in [2.24, 2.45) is 0 Å². The van der Waals surface area contributed by atoms with E-state index in [0.29, 0.717) is 23.3 Å². The number of nitrogens with one attached hydrogen (secondary N) is 1. The van der Waals surface area contributed by atoms with E-state index in [0.717, 1.165) is 52.7 Å². The molecular weight excluding hydrogens is 434 g/mol. The van der Waals surface area contributed by atoms with Gasteiger partial charge in [-0.05, 0) is 61.9 Å². The number of ether oxygens (including phenoxy) is 1. The Kier molecular flexibility index (Phi) is 5.31. The second kappa shape index (κ2) is 8.47. The molecule has 0 saturated carbocycles. The number of rotatable bonds is 6. The molecule has 0 spiro atoms. The number of carbonyl (C=O) groups excluding carboxylic acids is 1. The van der Waals surface area contributed by atoms with Gasteiger partial charge in [0.05, 0.1) is 16.5 Å². The molecule has 0 unspecified atom stereocenters. The normalized spacial score (nSPS) is 22.8. The van der Waals surface area contributed by atoms with Crippen molar-refractivity contribution < 1.29 is 13.9 Å². The van der Waals surface area contributed by atoms with Crippen molar-refractivity contribution in [2.45, 2.75) is 57.2 Å². The minimum Gasteiger partial charge on any atom is -0.464 e. The molecule has 7 heteroatoms. The molecule has 2 aliphatic heterocycles. The summed E-state index contributed by atoms with van der Waals surface area (Å²) in [6.07, 6.45) is 7.45. The zero-order valence-corrected chi connectivity index (χ0v) is 19.4. The molecule has 4 aromatic rings. The number of piperidine rings is 1. The summed E-state index contributed by atoms with van der Waals surface area (Å²) in [5.74, 6) is 0.824. The van der Waals surface area contributed by atoms with Crippen LogP contribution in [0, 0.1) is 0 Å². The van der Waals surface area contributed by atoms with E-state index in [9.17, 15) is 4.79 Å². The molecule has 4 heterocycles. The Morgan fingerprint density at radius 2 is 2.03 bits per heavy atom. The first-order chi connectivity index (χ1) is 16.1. The maximum absolute atomic E-state index is 11.5. The molecule has 2 saturated heterocycles. The third-order valence-electron chi connectivity index (χ3n) is 7.04. The summed E-state index contributed by atoms with van der Waals surface area (Å²) in [6, 6.07) is 15.6. The van der Waals surface area contributed by atoms with E-state index in [-0.39, 0.29) is 5.91 Å². The third kappa shape index (κ3) is 4.11. The van der Waals surface area contributed by atoms with Crippen LogP contribution in [0.5, 0.6) is 10.9 Å². The summed E-state index contributed by atoms with van der Waals surface area (Å²) in [6.45, 7) is 2.65. The summed E-state index contributed by atoms with van der Waals surface area (Å²) in [7, 11) is 0. The van der Waals surface area contributed by atoms with Crippen molar-refractivity contribution >= 4 is 38.4 Å². The van der Waals surface area contributed by atoms with Crippen LogP contribution >= 0.6 is 11.3 Å². The average molecular weight is 462 g/mol. The maximum Gasteiger partial charge on any atom is 0.279 e. The van der Waals surface area contributed by atoms with Crippen molar-refractivity contribution in [2.75, 3.05) is 6.54 Å². The predicted molar refractivity (Wildman–Crippen MR) is 130 cm³/mol. The highest BCUT2D eigenvalue weighted by atomic mass is 32.1. The molecule has 2 fully saturated rings. The standard InChI is InChI=1S/C26H27N3O3S/c1-16(30)27-18-12-19-6-7-20(13-18)29(19)11-10-17-15-31-24-14-21(8-9-22(17)24)32-26-28-23-4-2-3-5-25(23)33-26/h2-5,8-9,14-15,18-20H,6-7,10-13H2,1H3,(H,27,30)/t18-,19+,20-. The number of furan rings is 1. The number of aromatic nitrogens is 1. The number of carbonyl (C=O) groups is 1. The van der Waals surface area contributed by atoms with Crippen LogP contribution in [0.2, 0.25) is 0 Å². The molecular formula is C26H27N3O3S. The minimum absolute atomic E-state index is 0.0872. The molecule has 3 atom stereocenters. The number of nitrogens with zero attached hydrogens (tertiary/aromatic N) is 2. The van der Waals surface area contributed by atoms with Crippen molar-refractivity contribution in [1.29, 1.82) is 0 Å². The van der Waals surface area contributed by atoms with E-state index in [1.807, 2.05) is 36.6 Å². The van der Waals surface area contributed by atoms with Crippen LogP contribution in [-0.4, -0.2) is 40.5 Å². The summed E-state index contributed by atoms with van der Waals surface area (Å²) in [5, 5.41) is 4.92. The molecule has 2 aromatic carbocycles. The summed E-state index contributed by atoms with van der Waals surface area (Å²) >= 11 is 1.54. The number of hydrogen-bond acceptors (Lipinski definition) is 6. The fourth-order valence-corrected chi connectivity index (χ4v) is 6.45. The van der Waals surface area contributed by atoms with Crippen LogP contribution in [0.4, 0.5) is 0 Å². The summed E-state index contributed by atoms with van der Waals surface area (Å²) in [4.78, 5) is 18.7. The van der Waals surface area contributed by atoms with Gasteiger partial charge in [-0.1, -0.05) is 23.5 Å². The topological polar surface area (TPSA) is 67.6 Å². The van der Waals surface area contributed by atoms with Crippen LogP contribution in [0.1, 0.15) is 38.2 Å². The zero-order valence-electron chi connectivity index (χ0n) is 18.6. The zero-order chi connectivity index (χ0) is 22.4. The van der Waals surface area contributed by atoms with Crippen molar-refractivity contribution in [3.05, 3.63) is 54.3 Å². The Morgan fingerprint density at radius 3 is 2.82 bits per heavy atom. The van der Waals surface area contributed by atoms with Gasteiger partial charge in [0.1, 0.15) is 11.3 Å². The van der Waals surface area contributed by atoms with Gasteiger partial charge in [0.2, 0.25) is 5.91 Å². The first-order valence-corrected chi connectivity index (χ1v) is 12.5. The Bertz CT molecular complexity index is 1270. The molecule has 1 N–H and O–H groups in total. The number of thiazole rings is 1. The highest BCUT2D eigenvalue weighted by molar-refractivity contribution is 7.20. The van der Waals surface area contributed by atoms with Crippen molar-refractivity contribution in [3.8, 4) is 10.9 Å². The summed E-state index contributed by atoms with van der Waals surface area (Å²) in [5.41, 5.74) is 3.03. The number of benzene rings is 2. The minimum atomic E-state index is 0.0872. The van der Waals surface area contributed by atoms with E-state index in [1.165, 1.54) is 18.4 Å². The Balaban J connectivity index is 1.13. The van der Waals surface area contributed by atoms with Crippen LogP contribution in [0.15, 0.2) is 53.1 Å². The summed E-state index contributed by atoms with van der Waals surface area (Å²) < 4.78 is 13.0. The molecule has 2 aliphatic rings. The number of hydrogen-bond donors (Lipinski definition) is 1. The van der Waals surface area contributed by atoms with Gasteiger partial charge < -0.3 is 14.5 Å². The van der Waals surface area contributed by atoms with Crippen molar-refractivity contribution in [3.63, 3.8) is 0 Å². The maximum atomic E-state index is 11.5. The number of para-hydroxylation sites is 1. The van der Waals surface area contributed by atoms with Crippen molar-refractivity contribution in [1.82, 2.24) is 15.2 Å². The molecule has 2 aromatic heterocycles. The molecule has 6 nitrogen and oxygen atoms in total. The van der Waals surface area contributed by atoms with E-state index in [2.05, 4.69) is 27.3 Å². The van der Waals surface area contributed by atoms with Gasteiger partial charge in [-0.3, -0.25) is 9.69 Å². The quantitative estimate of drug-likeness (QED) is 0.410. The van der Waals surface area contributed by atoms with Crippen LogP contribution in [-0.2, 0) is 11.2 Å². The Hall–Kier alpha value is -2.90. The Labute approximate surface area is 196 Å². The predicted octanol–water partition coefficient (Wildman–Crippen LogP) is 5.51.